The van der Waals surface area contributed by atoms with Gasteiger partial charge in [0.05, 0.1) is 5.41 Å². The Morgan fingerprint density at radius 2 is 1.58 bits per heavy atom. The highest BCUT2D eigenvalue weighted by Crippen LogP contribution is 2.48. The SMILES string of the molecule is O=C(NCC1(c2ccc(F)cc2)CC1)C1(c2ccccc2)CCOCC1. The number of hydrogen-bond donors (Lipinski definition) is 1. The summed E-state index contributed by atoms with van der Waals surface area (Å²) < 4.78 is 18.7. The molecule has 1 heterocycles. The molecule has 0 atom stereocenters. The van der Waals surface area contributed by atoms with E-state index in [1.165, 1.54) is 12.1 Å². The van der Waals surface area contributed by atoms with Crippen LogP contribution in [0.25, 0.3) is 0 Å². The average molecular weight is 353 g/mol. The lowest BCUT2D eigenvalue weighted by Gasteiger charge is -2.36. The summed E-state index contributed by atoms with van der Waals surface area (Å²) in [6.07, 6.45) is 3.46. The zero-order valence-electron chi connectivity index (χ0n) is 14.8. The fourth-order valence-corrected chi connectivity index (χ4v) is 4.06. The van der Waals surface area contributed by atoms with Crippen molar-refractivity contribution in [2.24, 2.45) is 0 Å². The molecule has 0 unspecified atom stereocenters. The molecule has 1 aliphatic heterocycles. The molecule has 3 nitrogen and oxygen atoms in total. The van der Waals surface area contributed by atoms with Crippen molar-refractivity contribution in [3.8, 4) is 0 Å². The van der Waals surface area contributed by atoms with Gasteiger partial charge >= 0.3 is 0 Å². The molecule has 0 spiro atoms. The van der Waals surface area contributed by atoms with Crippen molar-refractivity contribution >= 4 is 5.91 Å². The van der Waals surface area contributed by atoms with Crippen molar-refractivity contribution in [1.82, 2.24) is 5.32 Å². The summed E-state index contributed by atoms with van der Waals surface area (Å²) in [5.41, 5.74) is 1.62. The minimum absolute atomic E-state index is 0.0353. The van der Waals surface area contributed by atoms with Crippen molar-refractivity contribution in [1.29, 1.82) is 0 Å². The van der Waals surface area contributed by atoms with Gasteiger partial charge in [-0.3, -0.25) is 4.79 Å². The average Bonchev–Trinajstić information content (AvgIpc) is 3.49. The summed E-state index contributed by atoms with van der Waals surface area (Å²) in [6.45, 7) is 1.81. The van der Waals surface area contributed by atoms with E-state index in [4.69, 9.17) is 4.74 Å². The lowest BCUT2D eigenvalue weighted by molar-refractivity contribution is -0.130. The molecule has 2 aromatic carbocycles. The number of nitrogens with one attached hydrogen (secondary N) is 1. The van der Waals surface area contributed by atoms with E-state index in [-0.39, 0.29) is 17.1 Å². The van der Waals surface area contributed by atoms with E-state index < -0.39 is 5.41 Å². The number of carbonyl (C=O) groups excluding carboxylic acids is 1. The van der Waals surface area contributed by atoms with Crippen molar-refractivity contribution in [2.75, 3.05) is 19.8 Å². The largest absolute Gasteiger partial charge is 0.381 e. The summed E-state index contributed by atoms with van der Waals surface area (Å²) in [7, 11) is 0. The number of amides is 1. The minimum Gasteiger partial charge on any atom is -0.381 e. The van der Waals surface area contributed by atoms with Crippen molar-refractivity contribution < 1.29 is 13.9 Å². The molecule has 4 rings (SSSR count). The van der Waals surface area contributed by atoms with Gasteiger partial charge in [0, 0.05) is 25.2 Å². The number of ether oxygens (including phenoxy) is 1. The Hall–Kier alpha value is -2.20. The quantitative estimate of drug-likeness (QED) is 0.890. The fraction of sp³-hybridized carbons (Fsp3) is 0.409. The molecule has 136 valence electrons. The Bertz CT molecular complexity index is 762. The third kappa shape index (κ3) is 3.14. The Labute approximate surface area is 153 Å². The van der Waals surface area contributed by atoms with Crippen LogP contribution in [-0.2, 0) is 20.4 Å². The first-order chi connectivity index (χ1) is 12.6. The summed E-state index contributed by atoms with van der Waals surface area (Å²) in [5.74, 6) is -0.140. The molecule has 1 saturated heterocycles. The number of halogens is 1. The van der Waals surface area contributed by atoms with Gasteiger partial charge in [0.1, 0.15) is 5.82 Å². The summed E-state index contributed by atoms with van der Waals surface area (Å²) >= 11 is 0. The second kappa shape index (κ2) is 6.84. The maximum absolute atomic E-state index is 13.3. The van der Waals surface area contributed by atoms with Crippen LogP contribution in [0.3, 0.4) is 0 Å². The number of rotatable bonds is 5. The van der Waals surface area contributed by atoms with E-state index in [2.05, 4.69) is 5.32 Å². The van der Waals surface area contributed by atoms with Crippen LogP contribution in [-0.4, -0.2) is 25.7 Å². The Morgan fingerprint density at radius 1 is 0.923 bits per heavy atom. The predicted molar refractivity (Wildman–Crippen MR) is 98.5 cm³/mol. The molecule has 2 aliphatic rings. The zero-order chi connectivity index (χ0) is 18.0. The molecule has 26 heavy (non-hydrogen) atoms. The smallest absolute Gasteiger partial charge is 0.230 e. The minimum atomic E-state index is -0.515. The highest BCUT2D eigenvalue weighted by atomic mass is 19.1. The number of benzene rings is 2. The van der Waals surface area contributed by atoms with Gasteiger partial charge in [-0.1, -0.05) is 42.5 Å². The van der Waals surface area contributed by atoms with Crippen LogP contribution in [0.15, 0.2) is 54.6 Å². The van der Waals surface area contributed by atoms with Crippen LogP contribution in [0.5, 0.6) is 0 Å². The topological polar surface area (TPSA) is 38.3 Å². The molecule has 2 fully saturated rings. The van der Waals surface area contributed by atoms with Crippen molar-refractivity contribution in [2.45, 2.75) is 36.5 Å². The molecular formula is C22H24FNO2. The van der Waals surface area contributed by atoms with Gasteiger partial charge in [0.25, 0.3) is 0 Å². The van der Waals surface area contributed by atoms with Crippen LogP contribution >= 0.6 is 0 Å². The summed E-state index contributed by atoms with van der Waals surface area (Å²) in [5, 5.41) is 3.22. The Morgan fingerprint density at radius 3 is 2.19 bits per heavy atom. The molecule has 4 heteroatoms. The van der Waals surface area contributed by atoms with E-state index in [1.807, 2.05) is 42.5 Å². The van der Waals surface area contributed by atoms with Gasteiger partial charge < -0.3 is 10.1 Å². The second-order valence-corrected chi connectivity index (χ2v) is 7.53. The van der Waals surface area contributed by atoms with Crippen LogP contribution in [0, 0.1) is 5.82 Å². The number of carbonyl (C=O) groups is 1. The van der Waals surface area contributed by atoms with E-state index in [0.717, 1.165) is 24.0 Å². The van der Waals surface area contributed by atoms with Crippen LogP contribution in [0.1, 0.15) is 36.8 Å². The van der Waals surface area contributed by atoms with E-state index in [9.17, 15) is 9.18 Å². The van der Waals surface area contributed by atoms with Gasteiger partial charge in [0.2, 0.25) is 5.91 Å². The number of hydrogen-bond acceptors (Lipinski definition) is 2. The van der Waals surface area contributed by atoms with Crippen LogP contribution in [0.2, 0.25) is 0 Å². The van der Waals surface area contributed by atoms with Gasteiger partial charge in [-0.25, -0.2) is 4.39 Å². The van der Waals surface area contributed by atoms with Crippen LogP contribution in [0.4, 0.5) is 4.39 Å². The highest BCUT2D eigenvalue weighted by Gasteiger charge is 2.47. The summed E-state index contributed by atoms with van der Waals surface area (Å²) in [4.78, 5) is 13.3. The van der Waals surface area contributed by atoms with Gasteiger partial charge in [-0.2, -0.15) is 0 Å². The zero-order valence-corrected chi connectivity index (χ0v) is 14.8. The van der Waals surface area contributed by atoms with Gasteiger partial charge in [-0.15, -0.1) is 0 Å². The molecule has 1 N–H and O–H groups in total. The monoisotopic (exact) mass is 353 g/mol. The summed E-state index contributed by atoms with van der Waals surface area (Å²) in [6, 6.07) is 16.7. The normalized spacial score (nSPS) is 20.3. The first-order valence-electron chi connectivity index (χ1n) is 9.32. The van der Waals surface area contributed by atoms with Crippen LogP contribution < -0.4 is 5.32 Å². The molecular weight excluding hydrogens is 329 g/mol. The first kappa shape index (κ1) is 17.2. The highest BCUT2D eigenvalue weighted by molar-refractivity contribution is 5.88. The Balaban J connectivity index is 1.51. The van der Waals surface area contributed by atoms with E-state index in [0.29, 0.717) is 32.6 Å². The molecule has 2 aromatic rings. The van der Waals surface area contributed by atoms with E-state index >= 15 is 0 Å². The van der Waals surface area contributed by atoms with E-state index in [1.54, 1.807) is 0 Å². The standard InChI is InChI=1S/C22H24FNO2/c23-19-8-6-17(7-9-19)21(10-11-21)16-24-20(25)22(12-14-26-15-13-22)18-4-2-1-3-5-18/h1-9H,10-16H2,(H,24,25). The van der Waals surface area contributed by atoms with Gasteiger partial charge in [0.15, 0.2) is 0 Å². The molecule has 1 amide bonds. The lowest BCUT2D eigenvalue weighted by atomic mass is 9.73. The van der Waals surface area contributed by atoms with Crippen molar-refractivity contribution in [3.63, 3.8) is 0 Å². The second-order valence-electron chi connectivity index (χ2n) is 7.53. The van der Waals surface area contributed by atoms with Crippen molar-refractivity contribution in [3.05, 3.63) is 71.5 Å². The maximum Gasteiger partial charge on any atom is 0.230 e. The molecule has 1 aliphatic carbocycles. The third-order valence-corrected chi connectivity index (χ3v) is 6.00. The third-order valence-electron chi connectivity index (χ3n) is 6.00. The molecule has 0 aromatic heterocycles. The maximum atomic E-state index is 13.3. The predicted octanol–water partition coefficient (Wildman–Crippen LogP) is 3.72. The Kier molecular flexibility index (Phi) is 4.53. The first-order valence-corrected chi connectivity index (χ1v) is 9.32. The van der Waals surface area contributed by atoms with Gasteiger partial charge in [-0.05, 0) is 48.9 Å². The molecule has 0 radical (unpaired) electrons. The molecule has 1 saturated carbocycles. The lowest BCUT2D eigenvalue weighted by Crippen LogP contribution is -2.49. The fourth-order valence-electron chi connectivity index (χ4n) is 4.06. The molecule has 0 bridgehead atoms.